The van der Waals surface area contributed by atoms with E-state index in [1.165, 1.54) is 0 Å². The van der Waals surface area contributed by atoms with Crippen LogP contribution in [0.5, 0.6) is 0 Å². The van der Waals surface area contributed by atoms with Crippen LogP contribution in [0.3, 0.4) is 0 Å². The summed E-state index contributed by atoms with van der Waals surface area (Å²) in [5, 5.41) is 2.93. The summed E-state index contributed by atoms with van der Waals surface area (Å²) in [5.41, 5.74) is 1.14. The topological polar surface area (TPSA) is 32.3 Å². The highest BCUT2D eigenvalue weighted by Crippen LogP contribution is 2.30. The van der Waals surface area contributed by atoms with Gasteiger partial charge in [-0.3, -0.25) is 4.79 Å². The molecule has 5 heteroatoms. The Kier molecular flexibility index (Phi) is 5.05. The average molecular weight is 334 g/mol. The van der Waals surface area contributed by atoms with Crippen molar-refractivity contribution in [3.05, 3.63) is 22.7 Å². The average Bonchev–Trinajstić information content (AvgIpc) is 2.28. The van der Waals surface area contributed by atoms with Crippen molar-refractivity contribution < 1.29 is 4.79 Å². The summed E-state index contributed by atoms with van der Waals surface area (Å²) in [6.07, 6.45) is 0. The summed E-state index contributed by atoms with van der Waals surface area (Å²) in [5.74, 6) is 0.197. The minimum atomic E-state index is -0.590. The van der Waals surface area contributed by atoms with Crippen LogP contribution in [0.1, 0.15) is 13.8 Å². The molecule has 0 atom stereocenters. The maximum atomic E-state index is 12.1. The lowest BCUT2D eigenvalue weighted by molar-refractivity contribution is -0.122. The fourth-order valence-corrected chi connectivity index (χ4v) is 1.83. The highest BCUT2D eigenvalue weighted by atomic mass is 79.9. The summed E-state index contributed by atoms with van der Waals surface area (Å²) in [7, 11) is 3.87. The van der Waals surface area contributed by atoms with Crippen molar-refractivity contribution in [3.63, 3.8) is 0 Å². The van der Waals surface area contributed by atoms with E-state index in [2.05, 4.69) is 21.2 Å². The fraction of sp³-hybridized carbons (Fsp3) is 0.462. The minimum Gasteiger partial charge on any atom is -0.376 e. The van der Waals surface area contributed by atoms with E-state index in [0.29, 0.717) is 0 Å². The quantitative estimate of drug-likeness (QED) is 0.852. The number of carbonyl (C=O) groups is 1. The number of alkyl halides is 1. The molecule has 0 fully saturated rings. The second kappa shape index (κ2) is 5.93. The third-order valence-corrected chi connectivity index (χ3v) is 3.80. The molecule has 0 aromatic heterocycles. The third-order valence-electron chi connectivity index (χ3n) is 2.64. The number of carbonyl (C=O) groups excluding carboxylic acids is 1. The lowest BCUT2D eigenvalue weighted by Gasteiger charge is -2.23. The number of benzene rings is 1. The minimum absolute atomic E-state index is 0.0845. The molecule has 0 aliphatic heterocycles. The Labute approximate surface area is 122 Å². The molecule has 0 bridgehead atoms. The van der Waals surface area contributed by atoms with E-state index in [1.807, 2.05) is 51.0 Å². The Morgan fingerprint density at radius 3 is 2.56 bits per heavy atom. The van der Waals surface area contributed by atoms with E-state index < -0.39 is 5.41 Å². The Hall–Kier alpha value is -0.740. The first kappa shape index (κ1) is 15.3. The molecular formula is C13H18BrClN2O. The SMILES string of the molecule is CN(C)c1ccc(Br)cc1NC(=O)C(C)(C)CCl. The van der Waals surface area contributed by atoms with E-state index in [9.17, 15) is 4.79 Å². The highest BCUT2D eigenvalue weighted by Gasteiger charge is 2.27. The first-order valence-electron chi connectivity index (χ1n) is 5.62. The van der Waals surface area contributed by atoms with Crippen molar-refractivity contribution in [2.75, 3.05) is 30.2 Å². The summed E-state index contributed by atoms with van der Waals surface area (Å²) in [6, 6.07) is 5.78. The molecule has 1 amide bonds. The molecule has 0 spiro atoms. The molecule has 1 aromatic carbocycles. The van der Waals surface area contributed by atoms with Gasteiger partial charge in [-0.2, -0.15) is 0 Å². The molecule has 100 valence electrons. The molecule has 0 aliphatic carbocycles. The number of anilines is 2. The second-order valence-corrected chi connectivity index (χ2v) is 6.21. The van der Waals surface area contributed by atoms with E-state index in [4.69, 9.17) is 11.6 Å². The lowest BCUT2D eigenvalue weighted by atomic mass is 9.95. The van der Waals surface area contributed by atoms with Crippen molar-refractivity contribution >= 4 is 44.8 Å². The molecule has 0 unspecified atom stereocenters. The molecule has 18 heavy (non-hydrogen) atoms. The number of amides is 1. The lowest BCUT2D eigenvalue weighted by Crippen LogP contribution is -2.32. The second-order valence-electron chi connectivity index (χ2n) is 5.03. The van der Waals surface area contributed by atoms with Gasteiger partial charge in [-0.05, 0) is 32.0 Å². The van der Waals surface area contributed by atoms with Crippen molar-refractivity contribution in [3.8, 4) is 0 Å². The van der Waals surface area contributed by atoms with Crippen LogP contribution in [-0.2, 0) is 4.79 Å². The van der Waals surface area contributed by atoms with Gasteiger partial charge >= 0.3 is 0 Å². The van der Waals surface area contributed by atoms with Crippen LogP contribution in [0, 0.1) is 5.41 Å². The van der Waals surface area contributed by atoms with Gasteiger partial charge in [0.25, 0.3) is 0 Å². The van der Waals surface area contributed by atoms with Crippen LogP contribution in [0.15, 0.2) is 22.7 Å². The van der Waals surface area contributed by atoms with Gasteiger partial charge in [-0.15, -0.1) is 11.6 Å². The van der Waals surface area contributed by atoms with E-state index in [-0.39, 0.29) is 11.8 Å². The zero-order valence-corrected chi connectivity index (χ0v) is 13.4. The number of hydrogen-bond donors (Lipinski definition) is 1. The van der Waals surface area contributed by atoms with Gasteiger partial charge in [0.15, 0.2) is 0 Å². The van der Waals surface area contributed by atoms with Crippen LogP contribution in [0.4, 0.5) is 11.4 Å². The highest BCUT2D eigenvalue weighted by molar-refractivity contribution is 9.10. The Balaban J connectivity index is 3.03. The molecule has 1 N–H and O–H groups in total. The Bertz CT molecular complexity index is 447. The Morgan fingerprint density at radius 1 is 1.44 bits per heavy atom. The fourth-order valence-electron chi connectivity index (χ4n) is 1.35. The van der Waals surface area contributed by atoms with Gasteiger partial charge in [-0.25, -0.2) is 0 Å². The van der Waals surface area contributed by atoms with Gasteiger partial charge in [0, 0.05) is 24.4 Å². The van der Waals surface area contributed by atoms with E-state index in [1.54, 1.807) is 0 Å². The molecule has 0 heterocycles. The third kappa shape index (κ3) is 3.62. The van der Waals surface area contributed by atoms with Crippen molar-refractivity contribution in [2.45, 2.75) is 13.8 Å². The maximum Gasteiger partial charge on any atom is 0.231 e. The standard InChI is InChI=1S/C13H18BrClN2O/c1-13(2,8-15)12(18)16-10-7-9(14)5-6-11(10)17(3)4/h5-7H,8H2,1-4H3,(H,16,18). The summed E-state index contributed by atoms with van der Waals surface area (Å²) >= 11 is 9.21. The van der Waals surface area contributed by atoms with Crippen molar-refractivity contribution in [2.24, 2.45) is 5.41 Å². The molecule has 0 saturated heterocycles. The molecule has 0 aliphatic rings. The summed E-state index contributed by atoms with van der Waals surface area (Å²) < 4.78 is 0.923. The van der Waals surface area contributed by atoms with E-state index in [0.717, 1.165) is 15.8 Å². The van der Waals surface area contributed by atoms with Gasteiger partial charge in [-0.1, -0.05) is 15.9 Å². The molecule has 1 aromatic rings. The smallest absolute Gasteiger partial charge is 0.231 e. The van der Waals surface area contributed by atoms with E-state index >= 15 is 0 Å². The predicted molar refractivity (Wildman–Crippen MR) is 81.6 cm³/mol. The largest absolute Gasteiger partial charge is 0.376 e. The molecule has 0 radical (unpaired) electrons. The molecule has 0 saturated carbocycles. The van der Waals surface area contributed by atoms with Crippen molar-refractivity contribution in [1.29, 1.82) is 0 Å². The number of nitrogens with one attached hydrogen (secondary N) is 1. The summed E-state index contributed by atoms with van der Waals surface area (Å²) in [6.45, 7) is 3.64. The van der Waals surface area contributed by atoms with Gasteiger partial charge in [0.1, 0.15) is 0 Å². The summed E-state index contributed by atoms with van der Waals surface area (Å²) in [4.78, 5) is 14.1. The maximum absolute atomic E-state index is 12.1. The van der Waals surface area contributed by atoms with Crippen LogP contribution >= 0.6 is 27.5 Å². The molecular weight excluding hydrogens is 316 g/mol. The zero-order chi connectivity index (χ0) is 13.9. The van der Waals surface area contributed by atoms with Crippen LogP contribution < -0.4 is 10.2 Å². The first-order chi connectivity index (χ1) is 8.27. The van der Waals surface area contributed by atoms with Gasteiger partial charge < -0.3 is 10.2 Å². The predicted octanol–water partition coefficient (Wildman–Crippen LogP) is 3.72. The molecule has 3 nitrogen and oxygen atoms in total. The molecule has 1 rings (SSSR count). The number of rotatable bonds is 4. The van der Waals surface area contributed by atoms with Gasteiger partial charge in [0.05, 0.1) is 16.8 Å². The van der Waals surface area contributed by atoms with Gasteiger partial charge in [0.2, 0.25) is 5.91 Å². The monoisotopic (exact) mass is 332 g/mol. The van der Waals surface area contributed by atoms with Crippen LogP contribution in [-0.4, -0.2) is 25.9 Å². The van der Waals surface area contributed by atoms with Crippen LogP contribution in [0.25, 0.3) is 0 Å². The normalized spacial score (nSPS) is 11.2. The Morgan fingerprint density at radius 2 is 2.06 bits per heavy atom. The number of halogens is 2. The number of nitrogens with zero attached hydrogens (tertiary/aromatic N) is 1. The zero-order valence-electron chi connectivity index (χ0n) is 11.1. The number of hydrogen-bond acceptors (Lipinski definition) is 2. The first-order valence-corrected chi connectivity index (χ1v) is 6.95. The van der Waals surface area contributed by atoms with Crippen LogP contribution in [0.2, 0.25) is 0 Å². The van der Waals surface area contributed by atoms with Crippen molar-refractivity contribution in [1.82, 2.24) is 0 Å².